The van der Waals surface area contributed by atoms with Crippen molar-refractivity contribution in [1.29, 1.82) is 0 Å². The Morgan fingerprint density at radius 1 is 0.200 bits per heavy atom. The van der Waals surface area contributed by atoms with Crippen molar-refractivity contribution < 1.29 is 4.42 Å². The maximum absolute atomic E-state index is 6.55. The van der Waals surface area contributed by atoms with Gasteiger partial charge in [-0.05, 0) is 130 Å². The van der Waals surface area contributed by atoms with E-state index in [1.54, 1.807) is 0 Å². The van der Waals surface area contributed by atoms with Crippen molar-refractivity contribution in [2.45, 2.75) is 0 Å². The van der Waals surface area contributed by atoms with E-state index in [1.165, 1.54) is 21.5 Å². The molecule has 5 nitrogen and oxygen atoms in total. The van der Waals surface area contributed by atoms with E-state index in [0.717, 1.165) is 145 Å². The highest BCUT2D eigenvalue weighted by molar-refractivity contribution is 6.13. The van der Waals surface area contributed by atoms with E-state index >= 15 is 0 Å². The predicted octanol–water partition coefficient (Wildman–Crippen LogP) is 25.1. The average molecular weight is 1210 g/mol. The quantitative estimate of drug-likeness (QED) is 0.115. The minimum absolute atomic E-state index is 0.846. The number of hydrogen-bond donors (Lipinski definition) is 0. The molecule has 0 radical (unpaired) electrons. The summed E-state index contributed by atoms with van der Waals surface area (Å²) in [4.78, 5) is 4.99. The number of para-hydroxylation sites is 7. The lowest BCUT2D eigenvalue weighted by Gasteiger charge is -2.32. The molecule has 0 saturated carbocycles. The van der Waals surface area contributed by atoms with Crippen molar-refractivity contribution in [3.8, 4) is 67.0 Å². The lowest BCUT2D eigenvalue weighted by atomic mass is 9.97. The lowest BCUT2D eigenvalue weighted by Crippen LogP contribution is -2.15. The van der Waals surface area contributed by atoms with Gasteiger partial charge in [-0.2, -0.15) is 0 Å². The number of aromatic nitrogens is 2. The van der Waals surface area contributed by atoms with Gasteiger partial charge in [-0.1, -0.05) is 267 Å². The van der Waals surface area contributed by atoms with E-state index in [2.05, 4.69) is 377 Å². The molecule has 0 N–H and O–H groups in total. The van der Waals surface area contributed by atoms with Crippen molar-refractivity contribution in [3.63, 3.8) is 0 Å². The second kappa shape index (κ2) is 23.2. The zero-order chi connectivity index (χ0) is 62.8. The van der Waals surface area contributed by atoms with Gasteiger partial charge in [0.2, 0.25) is 0 Å². The van der Waals surface area contributed by atoms with Crippen LogP contribution in [0, 0.1) is 0 Å². The van der Waals surface area contributed by atoms with Gasteiger partial charge >= 0.3 is 0 Å². The fraction of sp³-hybridized carbons (Fsp3) is 0. The van der Waals surface area contributed by atoms with Crippen LogP contribution in [0.3, 0.4) is 0 Å². The molecule has 5 heteroatoms. The average Bonchev–Trinajstić information content (AvgIpc) is 1.66. The first-order valence-corrected chi connectivity index (χ1v) is 32.5. The Bertz CT molecular complexity index is 5620. The number of fused-ring (bicyclic) bond motifs is 9. The summed E-state index contributed by atoms with van der Waals surface area (Å²) in [6.07, 6.45) is 0. The first kappa shape index (κ1) is 55.2. The Labute approximate surface area is 550 Å². The molecular weight excluding hydrogens is 1150 g/mol. The zero-order valence-electron chi connectivity index (χ0n) is 51.8. The molecule has 0 fully saturated rings. The molecule has 0 saturated heterocycles. The topological polar surface area (TPSA) is 29.5 Å². The zero-order valence-corrected chi connectivity index (χ0v) is 51.8. The monoisotopic (exact) mass is 1210 g/mol. The summed E-state index contributed by atoms with van der Waals surface area (Å²) in [6, 6.07) is 133. The van der Waals surface area contributed by atoms with Gasteiger partial charge in [0.15, 0.2) is 0 Å². The van der Waals surface area contributed by atoms with Crippen molar-refractivity contribution in [2.24, 2.45) is 0 Å². The number of benzene rings is 15. The summed E-state index contributed by atoms with van der Waals surface area (Å²) in [6.45, 7) is 0. The molecule has 3 aromatic heterocycles. The van der Waals surface area contributed by atoms with Crippen LogP contribution in [0.2, 0.25) is 0 Å². The maximum Gasteiger partial charge on any atom is 0.135 e. The molecule has 95 heavy (non-hydrogen) atoms. The third kappa shape index (κ3) is 9.56. The summed E-state index contributed by atoms with van der Waals surface area (Å²) >= 11 is 0. The molecule has 0 aliphatic carbocycles. The lowest BCUT2D eigenvalue weighted by molar-refractivity contribution is 0.669. The molecule has 0 spiro atoms. The number of furan rings is 1. The normalized spacial score (nSPS) is 11.6. The van der Waals surface area contributed by atoms with Crippen molar-refractivity contribution in [1.82, 2.24) is 9.13 Å². The molecular formula is C90H60N4O. The molecule has 0 aliphatic heterocycles. The van der Waals surface area contributed by atoms with E-state index in [4.69, 9.17) is 4.42 Å². The van der Waals surface area contributed by atoms with E-state index in [1.807, 2.05) is 6.07 Å². The van der Waals surface area contributed by atoms with Crippen LogP contribution >= 0.6 is 0 Å². The van der Waals surface area contributed by atoms with Crippen LogP contribution in [0.4, 0.5) is 34.1 Å². The SMILES string of the molecule is c1ccc(-c2ccccc2N(c2cc(-c3ccc4oc5ccccc5c4c3)cc(N(c3ccc4c5ccccc5n(-c5ccccc5-c5ccccc5)c4c3)c3ccccc3-c3ccccc3)c2)c2ccc3c4ccccc4n(-c4ccccc4-c4ccccc4)c3c2)cc1. The first-order valence-electron chi connectivity index (χ1n) is 32.5. The van der Waals surface area contributed by atoms with E-state index in [9.17, 15) is 0 Å². The molecule has 0 bridgehead atoms. The molecule has 0 atom stereocenters. The highest BCUT2D eigenvalue weighted by Crippen LogP contribution is 2.50. The Morgan fingerprint density at radius 2 is 0.568 bits per heavy atom. The summed E-state index contributed by atoms with van der Waals surface area (Å²) < 4.78 is 11.5. The standard InChI is InChI=1S/C90H60N4O/c1-5-27-61(28-6-1)71-35-13-20-42-81(71)91(67-50-52-77-75-39-17-24-46-85(75)93(87(77)59-67)83-44-22-15-37-73(83)63-31-9-3-10-32-63)69-55-66(65-49-54-90-80(57-65)79-41-19-26-48-89(79)95-90)56-70(58-69)92(82-43-21-14-36-72(82)62-29-7-2-8-30-62)68-51-53-78-76-40-18-25-47-86(76)94(88(78)60-68)84-45-23-16-38-74(84)64-33-11-4-12-34-64/h1-60H. The third-order valence-electron chi connectivity index (χ3n) is 18.9. The number of nitrogens with zero attached hydrogens (tertiary/aromatic N) is 4. The van der Waals surface area contributed by atoms with Crippen LogP contribution in [-0.4, -0.2) is 9.13 Å². The largest absolute Gasteiger partial charge is 0.456 e. The van der Waals surface area contributed by atoms with E-state index in [0.29, 0.717) is 0 Å². The molecule has 18 rings (SSSR count). The van der Waals surface area contributed by atoms with Crippen molar-refractivity contribution >= 4 is 99.7 Å². The molecule has 18 aromatic rings. The first-order chi connectivity index (χ1) is 47.1. The smallest absolute Gasteiger partial charge is 0.135 e. The number of hydrogen-bond acceptors (Lipinski definition) is 3. The minimum Gasteiger partial charge on any atom is -0.456 e. The Morgan fingerprint density at radius 3 is 1.05 bits per heavy atom. The van der Waals surface area contributed by atoms with Gasteiger partial charge in [0, 0.05) is 77.3 Å². The van der Waals surface area contributed by atoms with Gasteiger partial charge in [0.05, 0.1) is 44.8 Å². The highest BCUT2D eigenvalue weighted by atomic mass is 16.3. The van der Waals surface area contributed by atoms with Crippen LogP contribution in [0.1, 0.15) is 0 Å². The van der Waals surface area contributed by atoms with Gasteiger partial charge < -0.3 is 23.4 Å². The van der Waals surface area contributed by atoms with Gasteiger partial charge in [0.25, 0.3) is 0 Å². The van der Waals surface area contributed by atoms with E-state index in [-0.39, 0.29) is 0 Å². The van der Waals surface area contributed by atoms with Gasteiger partial charge in [0.1, 0.15) is 11.2 Å². The fourth-order valence-electron chi connectivity index (χ4n) is 14.6. The van der Waals surface area contributed by atoms with Crippen molar-refractivity contribution in [2.75, 3.05) is 9.80 Å². The second-order valence-electron chi connectivity index (χ2n) is 24.4. The maximum atomic E-state index is 6.55. The van der Waals surface area contributed by atoms with E-state index < -0.39 is 0 Å². The molecule has 15 aromatic carbocycles. The van der Waals surface area contributed by atoms with Crippen LogP contribution < -0.4 is 9.80 Å². The third-order valence-corrected chi connectivity index (χ3v) is 18.9. The summed E-state index contributed by atoms with van der Waals surface area (Å²) in [7, 11) is 0. The minimum atomic E-state index is 0.846. The van der Waals surface area contributed by atoms with Crippen LogP contribution in [0.5, 0.6) is 0 Å². The summed E-state index contributed by atoms with van der Waals surface area (Å²) in [5.74, 6) is 0. The number of anilines is 6. The Balaban J connectivity index is 0.945. The molecule has 0 aliphatic rings. The molecule has 0 unspecified atom stereocenters. The second-order valence-corrected chi connectivity index (χ2v) is 24.4. The van der Waals surface area contributed by atoms with Gasteiger partial charge in [-0.3, -0.25) is 0 Å². The highest BCUT2D eigenvalue weighted by Gasteiger charge is 2.27. The molecule has 446 valence electrons. The molecule has 3 heterocycles. The van der Waals surface area contributed by atoms with Gasteiger partial charge in [-0.25, -0.2) is 0 Å². The van der Waals surface area contributed by atoms with Crippen LogP contribution in [-0.2, 0) is 0 Å². The predicted molar refractivity (Wildman–Crippen MR) is 399 cm³/mol. The Hall–Kier alpha value is -12.7. The van der Waals surface area contributed by atoms with Crippen molar-refractivity contribution in [3.05, 3.63) is 364 Å². The Kier molecular flexibility index (Phi) is 13.5. The summed E-state index contributed by atoms with van der Waals surface area (Å²) in [5, 5.41) is 6.85. The fourth-order valence-corrected chi connectivity index (χ4v) is 14.6. The van der Waals surface area contributed by atoms with Crippen LogP contribution in [0.25, 0.3) is 133 Å². The summed E-state index contributed by atoms with van der Waals surface area (Å²) in [5.41, 5.74) is 25.5. The van der Waals surface area contributed by atoms with Crippen LogP contribution in [0.15, 0.2) is 368 Å². The number of rotatable bonds is 13. The molecule has 0 amide bonds. The van der Waals surface area contributed by atoms with Gasteiger partial charge in [-0.15, -0.1) is 0 Å².